The topological polar surface area (TPSA) is 70.4 Å². The summed E-state index contributed by atoms with van der Waals surface area (Å²) in [6, 6.07) is -0.201. The Morgan fingerprint density at radius 2 is 2.39 bits per heavy atom. The van der Waals surface area contributed by atoms with Crippen molar-refractivity contribution in [3.05, 3.63) is 12.4 Å². The largest absolute Gasteiger partial charge is 0.480 e. The fourth-order valence-corrected chi connectivity index (χ4v) is 2.57. The van der Waals surface area contributed by atoms with Crippen molar-refractivity contribution in [1.29, 1.82) is 0 Å². The van der Waals surface area contributed by atoms with Gasteiger partial charge in [0.2, 0.25) is 0 Å². The summed E-state index contributed by atoms with van der Waals surface area (Å²) < 4.78 is 1.71. The predicted molar refractivity (Wildman–Crippen MR) is 68.7 cm³/mol. The number of aryl methyl sites for hydroxylation is 1. The summed E-state index contributed by atoms with van der Waals surface area (Å²) in [6.07, 6.45) is 5.21. The van der Waals surface area contributed by atoms with E-state index in [1.54, 1.807) is 10.9 Å². The zero-order chi connectivity index (χ0) is 13.1. The van der Waals surface area contributed by atoms with Crippen LogP contribution >= 0.6 is 0 Å². The summed E-state index contributed by atoms with van der Waals surface area (Å²) in [4.78, 5) is 13.3. The predicted octanol–water partition coefficient (Wildman–Crippen LogP) is 0.452. The third-order valence-corrected chi connectivity index (χ3v) is 3.41. The highest BCUT2D eigenvalue weighted by Gasteiger charge is 2.38. The van der Waals surface area contributed by atoms with Gasteiger partial charge in [-0.2, -0.15) is 5.10 Å². The SMILES string of the molecule is CCNC[C@H]1CC[C@@H](C(=O)O)N1c1cnn(C)c1. The number of likely N-dealkylation sites (N-methyl/N-ethyl adjacent to an activating group) is 1. The molecule has 0 aromatic carbocycles. The summed E-state index contributed by atoms with van der Waals surface area (Å²) >= 11 is 0. The Balaban J connectivity index is 2.19. The number of hydrogen-bond donors (Lipinski definition) is 2. The second kappa shape index (κ2) is 5.39. The fraction of sp³-hybridized carbons (Fsp3) is 0.667. The van der Waals surface area contributed by atoms with Gasteiger partial charge in [-0.1, -0.05) is 6.92 Å². The highest BCUT2D eigenvalue weighted by molar-refractivity contribution is 5.79. The van der Waals surface area contributed by atoms with Gasteiger partial charge >= 0.3 is 5.97 Å². The maximum atomic E-state index is 11.3. The number of anilines is 1. The van der Waals surface area contributed by atoms with E-state index in [2.05, 4.69) is 17.3 Å². The lowest BCUT2D eigenvalue weighted by atomic mass is 10.2. The van der Waals surface area contributed by atoms with E-state index < -0.39 is 12.0 Å². The van der Waals surface area contributed by atoms with Crippen molar-refractivity contribution < 1.29 is 9.90 Å². The molecule has 2 rings (SSSR count). The van der Waals surface area contributed by atoms with E-state index in [1.807, 2.05) is 18.1 Å². The van der Waals surface area contributed by atoms with Gasteiger partial charge in [0.15, 0.2) is 0 Å². The van der Waals surface area contributed by atoms with E-state index >= 15 is 0 Å². The van der Waals surface area contributed by atoms with Crippen LogP contribution in [0.15, 0.2) is 12.4 Å². The lowest BCUT2D eigenvalue weighted by molar-refractivity contribution is -0.138. The van der Waals surface area contributed by atoms with E-state index in [1.165, 1.54) is 0 Å². The molecule has 6 heteroatoms. The molecule has 1 aliphatic rings. The highest BCUT2D eigenvalue weighted by Crippen LogP contribution is 2.30. The Kier molecular flexibility index (Phi) is 3.86. The Morgan fingerprint density at radius 1 is 1.61 bits per heavy atom. The molecule has 100 valence electrons. The van der Waals surface area contributed by atoms with Crippen LogP contribution in [0.3, 0.4) is 0 Å². The number of rotatable bonds is 5. The first kappa shape index (κ1) is 12.9. The van der Waals surface area contributed by atoms with Crippen molar-refractivity contribution in [2.24, 2.45) is 7.05 Å². The van der Waals surface area contributed by atoms with Crippen molar-refractivity contribution in [2.75, 3.05) is 18.0 Å². The summed E-state index contributed by atoms with van der Waals surface area (Å²) in [5.41, 5.74) is 0.894. The molecule has 1 aliphatic heterocycles. The van der Waals surface area contributed by atoms with Crippen LogP contribution in [0.4, 0.5) is 5.69 Å². The Labute approximate surface area is 107 Å². The molecule has 18 heavy (non-hydrogen) atoms. The summed E-state index contributed by atoms with van der Waals surface area (Å²) in [5, 5.41) is 16.7. The molecule has 0 unspecified atom stereocenters. The minimum atomic E-state index is -0.752. The maximum absolute atomic E-state index is 11.3. The molecule has 2 heterocycles. The first-order valence-electron chi connectivity index (χ1n) is 6.34. The van der Waals surface area contributed by atoms with Crippen LogP contribution < -0.4 is 10.2 Å². The van der Waals surface area contributed by atoms with Crippen LogP contribution in [0.2, 0.25) is 0 Å². The summed E-state index contributed by atoms with van der Waals surface area (Å²) in [7, 11) is 1.84. The quantitative estimate of drug-likeness (QED) is 0.796. The average Bonchev–Trinajstić information content (AvgIpc) is 2.91. The van der Waals surface area contributed by atoms with Crippen molar-refractivity contribution in [2.45, 2.75) is 31.8 Å². The van der Waals surface area contributed by atoms with Crippen molar-refractivity contribution in [3.63, 3.8) is 0 Å². The monoisotopic (exact) mass is 252 g/mol. The van der Waals surface area contributed by atoms with Crippen LogP contribution in [0.25, 0.3) is 0 Å². The Hall–Kier alpha value is -1.56. The molecule has 2 atom stereocenters. The van der Waals surface area contributed by atoms with E-state index in [-0.39, 0.29) is 6.04 Å². The van der Waals surface area contributed by atoms with Gasteiger partial charge in [-0.3, -0.25) is 4.68 Å². The molecule has 0 radical (unpaired) electrons. The van der Waals surface area contributed by atoms with E-state index in [0.717, 1.165) is 25.2 Å². The van der Waals surface area contributed by atoms with E-state index in [9.17, 15) is 9.90 Å². The molecule has 0 saturated carbocycles. The van der Waals surface area contributed by atoms with E-state index in [0.29, 0.717) is 6.42 Å². The van der Waals surface area contributed by atoms with Gasteiger partial charge in [0, 0.05) is 25.8 Å². The molecular weight excluding hydrogens is 232 g/mol. The Bertz CT molecular complexity index is 418. The molecule has 0 amide bonds. The van der Waals surface area contributed by atoms with Gasteiger partial charge in [0.05, 0.1) is 11.9 Å². The molecule has 1 aromatic heterocycles. The maximum Gasteiger partial charge on any atom is 0.326 e. The van der Waals surface area contributed by atoms with Crippen LogP contribution in [-0.2, 0) is 11.8 Å². The fourth-order valence-electron chi connectivity index (χ4n) is 2.57. The van der Waals surface area contributed by atoms with Gasteiger partial charge in [0.1, 0.15) is 6.04 Å². The molecule has 1 aromatic rings. The third kappa shape index (κ3) is 2.48. The number of nitrogens with zero attached hydrogens (tertiary/aromatic N) is 3. The van der Waals surface area contributed by atoms with Crippen LogP contribution in [-0.4, -0.2) is 46.0 Å². The number of aliphatic carboxylic acids is 1. The first-order chi connectivity index (χ1) is 8.63. The normalized spacial score (nSPS) is 23.6. The lowest BCUT2D eigenvalue weighted by Crippen LogP contribution is -2.45. The van der Waals surface area contributed by atoms with E-state index in [4.69, 9.17) is 0 Å². The highest BCUT2D eigenvalue weighted by atomic mass is 16.4. The van der Waals surface area contributed by atoms with Gasteiger partial charge in [-0.25, -0.2) is 4.79 Å². The summed E-state index contributed by atoms with van der Waals surface area (Å²) in [5.74, 6) is -0.752. The number of hydrogen-bond acceptors (Lipinski definition) is 4. The number of aromatic nitrogens is 2. The number of nitrogens with one attached hydrogen (secondary N) is 1. The molecule has 0 aliphatic carbocycles. The zero-order valence-corrected chi connectivity index (χ0v) is 10.8. The number of carbonyl (C=O) groups is 1. The Morgan fingerprint density at radius 3 is 2.94 bits per heavy atom. The van der Waals surface area contributed by atoms with Crippen LogP contribution in [0.1, 0.15) is 19.8 Å². The van der Waals surface area contributed by atoms with Crippen LogP contribution in [0, 0.1) is 0 Å². The molecule has 2 N–H and O–H groups in total. The van der Waals surface area contributed by atoms with Crippen LogP contribution in [0.5, 0.6) is 0 Å². The van der Waals surface area contributed by atoms with Gasteiger partial charge in [-0.05, 0) is 19.4 Å². The minimum absolute atomic E-state index is 0.232. The number of carboxylic acids is 1. The second-order valence-corrected chi connectivity index (χ2v) is 4.67. The lowest BCUT2D eigenvalue weighted by Gasteiger charge is -2.29. The first-order valence-corrected chi connectivity index (χ1v) is 6.34. The van der Waals surface area contributed by atoms with Crippen molar-refractivity contribution in [3.8, 4) is 0 Å². The molecule has 0 bridgehead atoms. The molecule has 1 fully saturated rings. The molecule has 0 spiro atoms. The zero-order valence-electron chi connectivity index (χ0n) is 10.8. The van der Waals surface area contributed by atoms with Gasteiger partial charge in [-0.15, -0.1) is 0 Å². The minimum Gasteiger partial charge on any atom is -0.480 e. The summed E-state index contributed by atoms with van der Waals surface area (Å²) in [6.45, 7) is 3.77. The number of carboxylic acid groups (broad SMARTS) is 1. The second-order valence-electron chi connectivity index (χ2n) is 4.67. The molecular formula is C12H20N4O2. The standard InChI is InChI=1S/C12H20N4O2/c1-3-13-6-9-4-5-11(12(17)18)16(9)10-7-14-15(2)8-10/h7-9,11,13H,3-6H2,1-2H3,(H,17,18)/t9-,11+/m1/s1. The van der Waals surface area contributed by atoms with Crippen molar-refractivity contribution >= 4 is 11.7 Å². The van der Waals surface area contributed by atoms with Crippen molar-refractivity contribution in [1.82, 2.24) is 15.1 Å². The van der Waals surface area contributed by atoms with Gasteiger partial charge in [0.25, 0.3) is 0 Å². The third-order valence-electron chi connectivity index (χ3n) is 3.41. The smallest absolute Gasteiger partial charge is 0.326 e. The average molecular weight is 252 g/mol. The van der Waals surface area contributed by atoms with Gasteiger partial charge < -0.3 is 15.3 Å². The molecule has 6 nitrogen and oxygen atoms in total. The molecule has 1 saturated heterocycles.